The number of hydrogen-bond acceptors (Lipinski definition) is 2. The third kappa shape index (κ3) is 2.91. The molecule has 0 unspecified atom stereocenters. The van der Waals surface area contributed by atoms with E-state index in [0.717, 1.165) is 0 Å². The average Bonchev–Trinajstić information content (AvgIpc) is 1.98. The van der Waals surface area contributed by atoms with Crippen molar-refractivity contribution in [2.45, 2.75) is 33.7 Å². The maximum atomic E-state index is 11.4. The van der Waals surface area contributed by atoms with Gasteiger partial charge in [-0.15, -0.1) is 0 Å². The lowest BCUT2D eigenvalue weighted by Crippen LogP contribution is -2.39. The highest BCUT2D eigenvalue weighted by molar-refractivity contribution is 5.78. The van der Waals surface area contributed by atoms with Gasteiger partial charge in [0, 0.05) is 12.0 Å². The number of rotatable bonds is 3. The van der Waals surface area contributed by atoms with Crippen LogP contribution in [0.5, 0.6) is 0 Å². The van der Waals surface area contributed by atoms with E-state index >= 15 is 0 Å². The Hall–Kier alpha value is -1.04. The highest BCUT2D eigenvalue weighted by Crippen LogP contribution is 2.05. The number of nitriles is 1. The summed E-state index contributed by atoms with van der Waals surface area (Å²) in [5, 5.41) is 8.47. The van der Waals surface area contributed by atoms with Gasteiger partial charge in [-0.1, -0.05) is 13.8 Å². The van der Waals surface area contributed by atoms with Crippen LogP contribution < -0.4 is 0 Å². The molecule has 1 amide bonds. The van der Waals surface area contributed by atoms with Crippen LogP contribution in [-0.2, 0) is 4.79 Å². The topological polar surface area (TPSA) is 44.1 Å². The number of carbonyl (C=O) groups is 1. The summed E-state index contributed by atoms with van der Waals surface area (Å²) in [7, 11) is 0. The molecule has 3 heteroatoms. The normalized spacial score (nSPS) is 10.1. The Kier molecular flexibility index (Phi) is 4.35. The van der Waals surface area contributed by atoms with E-state index in [9.17, 15) is 4.79 Å². The second-order valence-electron chi connectivity index (χ2n) is 3.37. The van der Waals surface area contributed by atoms with Crippen LogP contribution in [0.1, 0.15) is 27.7 Å². The fourth-order valence-corrected chi connectivity index (χ4v) is 0.923. The van der Waals surface area contributed by atoms with Gasteiger partial charge < -0.3 is 4.90 Å². The Balaban J connectivity index is 4.32. The van der Waals surface area contributed by atoms with E-state index in [1.165, 1.54) is 0 Å². The highest BCUT2D eigenvalue weighted by Gasteiger charge is 2.18. The molecule has 0 aromatic rings. The summed E-state index contributed by atoms with van der Waals surface area (Å²) in [5.41, 5.74) is 0. The van der Waals surface area contributed by atoms with Gasteiger partial charge in [-0.05, 0) is 13.8 Å². The minimum Gasteiger partial charge on any atom is -0.327 e. The minimum absolute atomic E-state index is 0.0271. The van der Waals surface area contributed by atoms with Crippen molar-refractivity contribution in [2.75, 3.05) is 6.54 Å². The summed E-state index contributed by atoms with van der Waals surface area (Å²) in [6.45, 7) is 7.70. The maximum Gasteiger partial charge on any atom is 0.226 e. The Bertz CT molecular complexity index is 191. The van der Waals surface area contributed by atoms with E-state index in [1.54, 1.807) is 4.90 Å². The van der Waals surface area contributed by atoms with Crippen LogP contribution in [-0.4, -0.2) is 23.4 Å². The second-order valence-corrected chi connectivity index (χ2v) is 3.37. The van der Waals surface area contributed by atoms with Crippen LogP contribution in [0, 0.1) is 17.2 Å². The van der Waals surface area contributed by atoms with Crippen molar-refractivity contribution in [1.82, 2.24) is 4.90 Å². The number of amides is 1. The van der Waals surface area contributed by atoms with Crippen LogP contribution in [0.25, 0.3) is 0 Å². The molecule has 0 aliphatic rings. The highest BCUT2D eigenvalue weighted by atomic mass is 16.2. The van der Waals surface area contributed by atoms with Crippen molar-refractivity contribution >= 4 is 5.91 Å². The van der Waals surface area contributed by atoms with Gasteiger partial charge >= 0.3 is 0 Å². The summed E-state index contributed by atoms with van der Waals surface area (Å²) in [5.74, 6) is 0.0206. The molecule has 0 atom stereocenters. The maximum absolute atomic E-state index is 11.4. The Morgan fingerprint density at radius 1 is 1.42 bits per heavy atom. The molecule has 0 heterocycles. The van der Waals surface area contributed by atoms with Gasteiger partial charge in [0.25, 0.3) is 0 Å². The first-order valence-electron chi connectivity index (χ1n) is 4.18. The number of nitrogens with zero attached hydrogens (tertiary/aromatic N) is 2. The van der Waals surface area contributed by atoms with Crippen molar-refractivity contribution in [1.29, 1.82) is 5.26 Å². The average molecular weight is 168 g/mol. The molecular weight excluding hydrogens is 152 g/mol. The number of hydrogen-bond donors (Lipinski definition) is 0. The van der Waals surface area contributed by atoms with Gasteiger partial charge in [0.05, 0.1) is 6.07 Å². The Morgan fingerprint density at radius 2 is 1.92 bits per heavy atom. The Labute approximate surface area is 74.0 Å². The molecule has 0 aliphatic carbocycles. The van der Waals surface area contributed by atoms with Crippen molar-refractivity contribution in [3.05, 3.63) is 0 Å². The van der Waals surface area contributed by atoms with E-state index in [2.05, 4.69) is 0 Å². The molecule has 68 valence electrons. The fourth-order valence-electron chi connectivity index (χ4n) is 0.923. The SMILES string of the molecule is CC(C)C(=O)N(CC#N)C(C)C. The van der Waals surface area contributed by atoms with Crippen molar-refractivity contribution < 1.29 is 4.79 Å². The zero-order valence-electron chi connectivity index (χ0n) is 8.16. The van der Waals surface area contributed by atoms with Gasteiger partial charge in [0.2, 0.25) is 5.91 Å². The minimum atomic E-state index is -0.0271. The standard InChI is InChI=1S/C9H16N2O/c1-7(2)9(12)11(6-5-10)8(3)4/h7-8H,6H2,1-4H3. The van der Waals surface area contributed by atoms with Crippen LogP contribution in [0.4, 0.5) is 0 Å². The molecule has 12 heavy (non-hydrogen) atoms. The van der Waals surface area contributed by atoms with E-state index in [4.69, 9.17) is 5.26 Å². The summed E-state index contributed by atoms with van der Waals surface area (Å²) in [6.07, 6.45) is 0. The molecule has 0 rings (SSSR count). The molecule has 0 aromatic heterocycles. The first-order valence-corrected chi connectivity index (χ1v) is 4.18. The molecule has 0 saturated heterocycles. The fraction of sp³-hybridized carbons (Fsp3) is 0.778. The molecule has 0 N–H and O–H groups in total. The van der Waals surface area contributed by atoms with Gasteiger partial charge in [-0.3, -0.25) is 4.79 Å². The first-order chi connectivity index (χ1) is 5.50. The van der Waals surface area contributed by atoms with Crippen molar-refractivity contribution in [3.8, 4) is 6.07 Å². The second kappa shape index (κ2) is 4.76. The lowest BCUT2D eigenvalue weighted by molar-refractivity contribution is -0.135. The lowest BCUT2D eigenvalue weighted by Gasteiger charge is -2.25. The third-order valence-electron chi connectivity index (χ3n) is 1.64. The summed E-state index contributed by atoms with van der Waals surface area (Å²) < 4.78 is 0. The van der Waals surface area contributed by atoms with Gasteiger partial charge in [-0.2, -0.15) is 5.26 Å². The first kappa shape index (κ1) is 11.0. The molecular formula is C9H16N2O. The van der Waals surface area contributed by atoms with Gasteiger partial charge in [0.1, 0.15) is 6.54 Å². The van der Waals surface area contributed by atoms with E-state index in [0.29, 0.717) is 0 Å². The van der Waals surface area contributed by atoms with Gasteiger partial charge in [0.15, 0.2) is 0 Å². The zero-order chi connectivity index (χ0) is 9.72. The predicted molar refractivity (Wildman–Crippen MR) is 47.3 cm³/mol. The molecule has 0 spiro atoms. The van der Waals surface area contributed by atoms with Crippen LogP contribution in [0.15, 0.2) is 0 Å². The van der Waals surface area contributed by atoms with E-state index in [1.807, 2.05) is 33.8 Å². The number of carbonyl (C=O) groups excluding carboxylic acids is 1. The van der Waals surface area contributed by atoms with Crippen LogP contribution >= 0.6 is 0 Å². The molecule has 0 aromatic carbocycles. The molecule has 0 saturated carbocycles. The summed E-state index contributed by atoms with van der Waals surface area (Å²) in [4.78, 5) is 13.0. The largest absolute Gasteiger partial charge is 0.327 e. The van der Waals surface area contributed by atoms with Crippen LogP contribution in [0.2, 0.25) is 0 Å². The monoisotopic (exact) mass is 168 g/mol. The predicted octanol–water partition coefficient (Wildman–Crippen LogP) is 1.40. The lowest BCUT2D eigenvalue weighted by atomic mass is 10.1. The van der Waals surface area contributed by atoms with Crippen LogP contribution in [0.3, 0.4) is 0 Å². The van der Waals surface area contributed by atoms with E-state index in [-0.39, 0.29) is 24.4 Å². The molecule has 0 bridgehead atoms. The zero-order valence-corrected chi connectivity index (χ0v) is 8.16. The Morgan fingerprint density at radius 3 is 2.17 bits per heavy atom. The molecule has 0 aliphatic heterocycles. The van der Waals surface area contributed by atoms with Gasteiger partial charge in [-0.25, -0.2) is 0 Å². The smallest absolute Gasteiger partial charge is 0.226 e. The molecule has 0 radical (unpaired) electrons. The summed E-state index contributed by atoms with van der Waals surface area (Å²) >= 11 is 0. The van der Waals surface area contributed by atoms with Crippen molar-refractivity contribution in [3.63, 3.8) is 0 Å². The third-order valence-corrected chi connectivity index (χ3v) is 1.64. The van der Waals surface area contributed by atoms with Crippen molar-refractivity contribution in [2.24, 2.45) is 5.92 Å². The quantitative estimate of drug-likeness (QED) is 0.598. The molecule has 0 fully saturated rings. The molecule has 3 nitrogen and oxygen atoms in total. The summed E-state index contributed by atoms with van der Waals surface area (Å²) in [6, 6.07) is 2.10. The van der Waals surface area contributed by atoms with E-state index < -0.39 is 0 Å².